The van der Waals surface area contributed by atoms with Crippen LogP contribution in [-0.4, -0.2) is 156 Å². The van der Waals surface area contributed by atoms with Gasteiger partial charge in [-0.2, -0.15) is 28.5 Å². The number of morpholine rings is 3. The van der Waals surface area contributed by atoms with Crippen LogP contribution in [0.25, 0.3) is 67.3 Å². The summed E-state index contributed by atoms with van der Waals surface area (Å²) in [5.74, 6) is 1.87. The van der Waals surface area contributed by atoms with E-state index in [9.17, 15) is 22.0 Å². The Morgan fingerprint density at radius 2 is 0.810 bits per heavy atom. The average molecular weight is 1170 g/mol. The van der Waals surface area contributed by atoms with Crippen LogP contribution < -0.4 is 31.9 Å². The molecule has 0 saturated carbocycles. The van der Waals surface area contributed by atoms with Crippen molar-refractivity contribution in [1.29, 1.82) is 0 Å². The van der Waals surface area contributed by atoms with Crippen molar-refractivity contribution < 1.29 is 43.3 Å². The fourth-order valence-electron chi connectivity index (χ4n) is 10.3. The second-order valence-corrected chi connectivity index (χ2v) is 22.0. The molecule has 0 aromatic carbocycles. The molecule has 0 spiro atoms. The third-order valence-electron chi connectivity index (χ3n) is 15.4. The summed E-state index contributed by atoms with van der Waals surface area (Å²) in [6, 6.07) is 19.0. The maximum absolute atomic E-state index is 14.5. The van der Waals surface area contributed by atoms with Gasteiger partial charge in [0.05, 0.1) is 60.8 Å². The number of aromatic amines is 3. The summed E-state index contributed by atoms with van der Waals surface area (Å²) in [6.07, 6.45) is -0.0970. The number of halogens is 5. The van der Waals surface area contributed by atoms with Crippen molar-refractivity contribution in [1.82, 2.24) is 60.5 Å². The number of alkyl halides is 3. The molecule has 12 heterocycles. The zero-order chi connectivity index (χ0) is 59.4. The first-order valence-electron chi connectivity index (χ1n) is 28.0. The second kappa shape index (κ2) is 25.5. The van der Waals surface area contributed by atoms with E-state index in [1.54, 1.807) is 48.8 Å². The molecule has 3 fully saturated rings. The van der Waals surface area contributed by atoms with E-state index in [0.29, 0.717) is 122 Å². The highest BCUT2D eigenvalue weighted by Gasteiger charge is 2.37. The number of fused-ring (bicyclic) bond motifs is 3. The third-order valence-corrected chi connectivity index (χ3v) is 15.4. The van der Waals surface area contributed by atoms with E-state index < -0.39 is 23.4 Å². The molecular weight excluding hydrogens is 1090 g/mol. The largest absolute Gasteiger partial charge is 0.418 e. The van der Waals surface area contributed by atoms with E-state index in [2.05, 4.69) is 98.0 Å². The van der Waals surface area contributed by atoms with Crippen LogP contribution in [0, 0.1) is 29.4 Å². The standard InChI is InChI=1S/C20H23F3N6O.2C19H23FN6O.5H2/c1-11(2)16(24)14-10-29(8-9-30-14)15-6-5-13(20(21,22)23)18(26-15)17-12-4-3-7-25-19(12)28-27-17;2*1-11(2)16(21)14-10-26(8-9-27-14)15-6-5-13(20)18(23-15)17-12-4-3-7-22-19(12)25-24-17;;;;;/h3-7,11,14,16H,8-10,24H2,1-2H3,(H,25,27,28);2*3-7,11,14,16H,8-10,21H2,1-2H3,(H,22,24,25);5*1H. The predicted octanol–water partition coefficient (Wildman–Crippen LogP) is 9.15. The molecule has 3 saturated heterocycles. The van der Waals surface area contributed by atoms with Crippen molar-refractivity contribution in [3.63, 3.8) is 0 Å². The molecule has 26 heteroatoms. The Morgan fingerprint density at radius 3 is 1.14 bits per heavy atom. The van der Waals surface area contributed by atoms with Gasteiger partial charge >= 0.3 is 6.18 Å². The predicted molar refractivity (Wildman–Crippen MR) is 321 cm³/mol. The normalized spacial score (nSPS) is 19.0. The Labute approximate surface area is 488 Å². The highest BCUT2D eigenvalue weighted by Crippen LogP contribution is 2.39. The Balaban J connectivity index is 0.000000237. The molecule has 3 aliphatic rings. The summed E-state index contributed by atoms with van der Waals surface area (Å²) in [5.41, 5.74) is 20.9. The lowest BCUT2D eigenvalue weighted by Crippen LogP contribution is -2.52. The monoisotopic (exact) mass is 1170 g/mol. The first kappa shape index (κ1) is 59.3. The van der Waals surface area contributed by atoms with Crippen molar-refractivity contribution in [3.05, 3.63) is 109 Å². The lowest BCUT2D eigenvalue weighted by molar-refractivity contribution is -0.137. The Morgan fingerprint density at radius 1 is 0.488 bits per heavy atom. The van der Waals surface area contributed by atoms with Gasteiger partial charge < -0.3 is 46.1 Å². The van der Waals surface area contributed by atoms with Crippen LogP contribution in [0.2, 0.25) is 0 Å². The van der Waals surface area contributed by atoms with Gasteiger partial charge in [0.15, 0.2) is 28.6 Å². The number of hydrogen-bond acceptors (Lipinski definition) is 18. The molecule has 21 nitrogen and oxygen atoms in total. The molecule has 12 rings (SSSR count). The van der Waals surface area contributed by atoms with E-state index >= 15 is 0 Å². The molecule has 84 heavy (non-hydrogen) atoms. The van der Waals surface area contributed by atoms with E-state index in [4.69, 9.17) is 31.4 Å². The number of nitrogens with two attached hydrogens (primary N) is 3. The highest BCUT2D eigenvalue weighted by atomic mass is 19.4. The lowest BCUT2D eigenvalue weighted by Gasteiger charge is -2.37. The average Bonchev–Trinajstić information content (AvgIpc) is 3.17. The van der Waals surface area contributed by atoms with Crippen LogP contribution in [-0.2, 0) is 20.4 Å². The number of nitrogens with zero attached hydrogens (tertiary/aromatic N) is 12. The number of nitrogens with one attached hydrogen (secondary N) is 3. The fourth-order valence-corrected chi connectivity index (χ4v) is 10.3. The molecule has 0 amide bonds. The Kier molecular flexibility index (Phi) is 18.0. The SMILES string of the molecule is CC(C)C(N)C1CN(c2ccc(C(F)(F)F)c(-c3[nH]nc4ncccc34)n2)CCO1.CC(C)C(N)C1CN(c2ccc(F)c(-c3[nH]nc4ncccc34)n2)CCO1.CC(C)C(N)C1CN(c2ccc(F)c(-c3[nH]nc4ncccc34)n2)CCO1.[HH].[HH].[HH].[HH].[HH]. The van der Waals surface area contributed by atoms with Crippen molar-refractivity contribution in [2.45, 2.75) is 84.2 Å². The van der Waals surface area contributed by atoms with Crippen LogP contribution in [0.15, 0.2) is 91.4 Å². The molecule has 9 aromatic rings. The van der Waals surface area contributed by atoms with Gasteiger partial charge in [-0.15, -0.1) is 0 Å². The first-order valence-corrected chi connectivity index (χ1v) is 28.0. The number of pyridine rings is 6. The van der Waals surface area contributed by atoms with Gasteiger partial charge in [-0.05, 0) is 90.6 Å². The van der Waals surface area contributed by atoms with Crippen LogP contribution in [0.3, 0.4) is 0 Å². The van der Waals surface area contributed by atoms with Crippen LogP contribution >= 0.6 is 0 Å². The molecule has 0 bridgehead atoms. The van der Waals surface area contributed by atoms with E-state index in [-0.39, 0.29) is 72.3 Å². The molecule has 454 valence electrons. The highest BCUT2D eigenvalue weighted by molar-refractivity contribution is 5.92. The van der Waals surface area contributed by atoms with Gasteiger partial charge in [0, 0.05) is 99.3 Å². The number of ether oxygens (including phenoxy) is 3. The number of anilines is 3. The minimum atomic E-state index is -4.56. The van der Waals surface area contributed by atoms with E-state index in [1.807, 2.05) is 30.9 Å². The van der Waals surface area contributed by atoms with Crippen molar-refractivity contribution in [3.8, 4) is 34.2 Å². The molecule has 9 N–H and O–H groups in total. The summed E-state index contributed by atoms with van der Waals surface area (Å²) in [5, 5.41) is 22.7. The van der Waals surface area contributed by atoms with Crippen molar-refractivity contribution >= 4 is 50.6 Å². The molecule has 9 aromatic heterocycles. The summed E-state index contributed by atoms with van der Waals surface area (Å²) < 4.78 is 87.8. The van der Waals surface area contributed by atoms with Gasteiger partial charge in [-0.1, -0.05) is 41.5 Å². The maximum Gasteiger partial charge on any atom is 0.418 e. The molecule has 3 aliphatic heterocycles. The quantitative estimate of drug-likeness (QED) is 0.0622. The minimum Gasteiger partial charge on any atom is -0.373 e. The summed E-state index contributed by atoms with van der Waals surface area (Å²) in [4.78, 5) is 32.1. The van der Waals surface area contributed by atoms with Gasteiger partial charge in [0.1, 0.15) is 34.5 Å². The Hall–Kier alpha value is -7.88. The lowest BCUT2D eigenvalue weighted by atomic mass is 9.98. The third kappa shape index (κ3) is 12.9. The van der Waals surface area contributed by atoms with Crippen LogP contribution in [0.4, 0.5) is 39.4 Å². The van der Waals surface area contributed by atoms with Crippen LogP contribution in [0.5, 0.6) is 0 Å². The maximum atomic E-state index is 14.5. The number of rotatable bonds is 12. The fraction of sp³-hybridized carbons (Fsp3) is 0.431. The summed E-state index contributed by atoms with van der Waals surface area (Å²) in [7, 11) is 0. The summed E-state index contributed by atoms with van der Waals surface area (Å²) >= 11 is 0. The zero-order valence-corrected chi connectivity index (χ0v) is 47.4. The number of H-pyrrole nitrogens is 3. The van der Waals surface area contributed by atoms with Crippen molar-refractivity contribution in [2.24, 2.45) is 35.0 Å². The van der Waals surface area contributed by atoms with E-state index in [0.717, 1.165) is 16.8 Å². The second-order valence-electron chi connectivity index (χ2n) is 22.0. The van der Waals surface area contributed by atoms with E-state index in [1.165, 1.54) is 24.4 Å². The van der Waals surface area contributed by atoms with Crippen molar-refractivity contribution in [2.75, 3.05) is 73.8 Å². The first-order chi connectivity index (χ1) is 40.3. The smallest absolute Gasteiger partial charge is 0.373 e. The zero-order valence-electron chi connectivity index (χ0n) is 47.4. The number of aromatic nitrogens is 12. The number of hydrogen-bond donors (Lipinski definition) is 6. The molecule has 0 radical (unpaired) electrons. The Bertz CT molecular complexity index is 3540. The van der Waals surface area contributed by atoms with Gasteiger partial charge in [0.25, 0.3) is 0 Å². The topological polar surface area (TPSA) is 279 Å². The molecule has 6 atom stereocenters. The molecular formula is C58H79F5N18O3. The van der Waals surface area contributed by atoms with Gasteiger partial charge in [-0.3, -0.25) is 15.3 Å². The van der Waals surface area contributed by atoms with Crippen LogP contribution in [0.1, 0.15) is 54.2 Å². The van der Waals surface area contributed by atoms with Gasteiger partial charge in [-0.25, -0.2) is 38.7 Å². The molecule has 0 aliphatic carbocycles. The molecule has 6 unspecified atom stereocenters. The van der Waals surface area contributed by atoms with Gasteiger partial charge in [0.2, 0.25) is 0 Å². The minimum absolute atomic E-state index is 0. The summed E-state index contributed by atoms with van der Waals surface area (Å²) in [6.45, 7) is 17.5.